The van der Waals surface area contributed by atoms with Crippen molar-refractivity contribution in [3.8, 4) is 22.6 Å². The zero-order valence-electron chi connectivity index (χ0n) is 20.3. The van der Waals surface area contributed by atoms with Gasteiger partial charge in [0.25, 0.3) is 5.91 Å². The highest BCUT2D eigenvalue weighted by atomic mass is 35.5. The highest BCUT2D eigenvalue weighted by Gasteiger charge is 2.31. The van der Waals surface area contributed by atoms with Crippen molar-refractivity contribution in [2.45, 2.75) is 20.0 Å². The fourth-order valence-electron chi connectivity index (χ4n) is 3.85. The van der Waals surface area contributed by atoms with E-state index in [0.29, 0.717) is 22.1 Å². The van der Waals surface area contributed by atoms with Gasteiger partial charge >= 0.3 is 6.18 Å². The van der Waals surface area contributed by atoms with E-state index in [1.54, 1.807) is 30.2 Å². The monoisotopic (exact) mass is 540 g/mol. The van der Waals surface area contributed by atoms with Crippen LogP contribution in [-0.2, 0) is 13.2 Å². The van der Waals surface area contributed by atoms with Crippen LogP contribution in [0, 0.1) is 13.8 Å². The standard InChI is InChI=1S/C25H20ClF3N8O/c1-14-11-36(13-30-14)19-8-17(25(27,28)29)7-18(9-19)32-24(38)16-4-5-21(26)23(6-16)37-12-22(33-34-37)20-10-31-35(3)15(20)2/h4-13H,1-3H3,(H,32,38). The molecular weight excluding hydrogens is 521 g/mol. The summed E-state index contributed by atoms with van der Waals surface area (Å²) in [5.41, 5.74) is 2.68. The van der Waals surface area contributed by atoms with Gasteiger partial charge in [0.15, 0.2) is 0 Å². The number of imidazole rings is 1. The van der Waals surface area contributed by atoms with Crippen LogP contribution >= 0.6 is 11.6 Å². The summed E-state index contributed by atoms with van der Waals surface area (Å²) >= 11 is 6.38. The van der Waals surface area contributed by atoms with E-state index in [9.17, 15) is 18.0 Å². The Morgan fingerprint density at radius 2 is 1.87 bits per heavy atom. The molecule has 5 rings (SSSR count). The molecular formula is C25H20ClF3N8O. The number of hydrogen-bond donors (Lipinski definition) is 1. The average Bonchev–Trinajstić information content (AvgIpc) is 3.60. The van der Waals surface area contributed by atoms with Gasteiger partial charge in [-0.25, -0.2) is 9.67 Å². The third-order valence-corrected chi connectivity index (χ3v) is 6.29. The molecule has 1 amide bonds. The van der Waals surface area contributed by atoms with E-state index in [-0.39, 0.29) is 16.9 Å². The van der Waals surface area contributed by atoms with E-state index >= 15 is 0 Å². The van der Waals surface area contributed by atoms with Crippen molar-refractivity contribution in [3.63, 3.8) is 0 Å². The Labute approximate surface area is 219 Å². The van der Waals surface area contributed by atoms with Gasteiger partial charge in [0, 0.05) is 41.4 Å². The first-order valence-corrected chi connectivity index (χ1v) is 11.6. The molecule has 0 radical (unpaired) electrons. The van der Waals surface area contributed by atoms with Crippen molar-refractivity contribution in [2.75, 3.05) is 5.32 Å². The molecule has 0 fully saturated rings. The van der Waals surface area contributed by atoms with Crippen LogP contribution in [0.4, 0.5) is 18.9 Å². The van der Waals surface area contributed by atoms with E-state index in [2.05, 4.69) is 25.7 Å². The molecule has 1 N–H and O–H groups in total. The smallest absolute Gasteiger partial charge is 0.322 e. The first-order chi connectivity index (χ1) is 18.0. The number of rotatable bonds is 5. The van der Waals surface area contributed by atoms with Gasteiger partial charge in [-0.15, -0.1) is 5.10 Å². The number of anilines is 1. The highest BCUT2D eigenvalue weighted by Crippen LogP contribution is 2.33. The lowest BCUT2D eigenvalue weighted by Crippen LogP contribution is -2.14. The molecule has 0 unspecified atom stereocenters. The normalized spacial score (nSPS) is 11.7. The number of aryl methyl sites for hydroxylation is 2. The van der Waals surface area contributed by atoms with Gasteiger partial charge in [0.05, 0.1) is 40.7 Å². The predicted molar refractivity (Wildman–Crippen MR) is 135 cm³/mol. The number of benzene rings is 2. The van der Waals surface area contributed by atoms with Crippen molar-refractivity contribution in [2.24, 2.45) is 7.05 Å². The van der Waals surface area contributed by atoms with Crippen LogP contribution in [0.2, 0.25) is 5.02 Å². The van der Waals surface area contributed by atoms with Gasteiger partial charge in [-0.1, -0.05) is 16.8 Å². The molecule has 0 aliphatic heterocycles. The topological polar surface area (TPSA) is 95.5 Å². The maximum Gasteiger partial charge on any atom is 0.416 e. The lowest BCUT2D eigenvalue weighted by molar-refractivity contribution is -0.137. The minimum absolute atomic E-state index is 0.0298. The van der Waals surface area contributed by atoms with Crippen LogP contribution in [0.15, 0.2) is 61.3 Å². The summed E-state index contributed by atoms with van der Waals surface area (Å²) < 4.78 is 45.4. The number of nitrogens with zero attached hydrogens (tertiary/aromatic N) is 7. The summed E-state index contributed by atoms with van der Waals surface area (Å²) in [7, 11) is 1.81. The zero-order valence-corrected chi connectivity index (χ0v) is 21.1. The second-order valence-corrected chi connectivity index (χ2v) is 9.03. The Balaban J connectivity index is 1.46. The first-order valence-electron chi connectivity index (χ1n) is 11.3. The molecule has 13 heteroatoms. The van der Waals surface area contributed by atoms with Gasteiger partial charge in [0.2, 0.25) is 0 Å². The Hall–Kier alpha value is -4.45. The van der Waals surface area contributed by atoms with Gasteiger partial charge < -0.3 is 9.88 Å². The molecule has 194 valence electrons. The SMILES string of the molecule is Cc1cn(-c2cc(NC(=O)c3ccc(Cl)c(-n4cc(-c5cnn(C)c5C)nn4)c3)cc(C(F)(F)F)c2)cn1. The quantitative estimate of drug-likeness (QED) is 0.322. The van der Waals surface area contributed by atoms with E-state index in [1.807, 2.05) is 14.0 Å². The van der Waals surface area contributed by atoms with Crippen molar-refractivity contribution < 1.29 is 18.0 Å². The van der Waals surface area contributed by atoms with Crippen LogP contribution in [-0.4, -0.2) is 40.2 Å². The van der Waals surface area contributed by atoms with E-state index in [1.165, 1.54) is 39.8 Å². The molecule has 9 nitrogen and oxygen atoms in total. The molecule has 3 heterocycles. The number of aromatic nitrogens is 7. The van der Waals surface area contributed by atoms with Crippen LogP contribution in [0.5, 0.6) is 0 Å². The number of hydrogen-bond acceptors (Lipinski definition) is 5. The van der Waals surface area contributed by atoms with Crippen LogP contribution in [0.1, 0.15) is 27.3 Å². The Morgan fingerprint density at radius 1 is 1.08 bits per heavy atom. The number of nitrogens with one attached hydrogen (secondary N) is 1. The highest BCUT2D eigenvalue weighted by molar-refractivity contribution is 6.32. The van der Waals surface area contributed by atoms with Gasteiger partial charge in [-0.2, -0.15) is 18.3 Å². The van der Waals surface area contributed by atoms with E-state index in [0.717, 1.165) is 23.4 Å². The molecule has 5 aromatic rings. The molecule has 0 atom stereocenters. The third-order valence-electron chi connectivity index (χ3n) is 5.97. The molecule has 0 aliphatic carbocycles. The molecule has 0 saturated carbocycles. The Morgan fingerprint density at radius 3 is 2.53 bits per heavy atom. The summed E-state index contributed by atoms with van der Waals surface area (Å²) in [5.74, 6) is -0.626. The lowest BCUT2D eigenvalue weighted by atomic mass is 10.1. The Bertz CT molecular complexity index is 1670. The molecule has 0 bridgehead atoms. The molecule has 0 spiro atoms. The molecule has 0 saturated heterocycles. The Kier molecular flexibility index (Phi) is 6.27. The van der Waals surface area contributed by atoms with Crippen molar-refractivity contribution in [1.29, 1.82) is 0 Å². The summed E-state index contributed by atoms with van der Waals surface area (Å²) in [5, 5.41) is 15.4. The number of halogens is 4. The van der Waals surface area contributed by atoms with Gasteiger partial charge in [0.1, 0.15) is 5.69 Å². The van der Waals surface area contributed by atoms with Crippen molar-refractivity contribution in [1.82, 2.24) is 34.3 Å². The second kappa shape index (κ2) is 9.45. The summed E-state index contributed by atoms with van der Waals surface area (Å²) in [6, 6.07) is 7.77. The molecule has 2 aromatic carbocycles. The second-order valence-electron chi connectivity index (χ2n) is 8.62. The molecule has 0 aliphatic rings. The summed E-state index contributed by atoms with van der Waals surface area (Å²) in [6.45, 7) is 3.62. The van der Waals surface area contributed by atoms with Gasteiger partial charge in [-0.05, 0) is 50.2 Å². The first kappa shape index (κ1) is 25.2. The number of carbonyl (C=O) groups is 1. The van der Waals surface area contributed by atoms with Crippen LogP contribution < -0.4 is 5.32 Å². The minimum atomic E-state index is -4.62. The largest absolute Gasteiger partial charge is 0.416 e. The average molecular weight is 541 g/mol. The summed E-state index contributed by atoms with van der Waals surface area (Å²) in [6.07, 6.45) is 1.70. The minimum Gasteiger partial charge on any atom is -0.322 e. The number of alkyl halides is 3. The lowest BCUT2D eigenvalue weighted by Gasteiger charge is -2.14. The molecule has 3 aromatic heterocycles. The zero-order chi connectivity index (χ0) is 27.2. The number of amides is 1. The van der Waals surface area contributed by atoms with Crippen molar-refractivity contribution >= 4 is 23.2 Å². The van der Waals surface area contributed by atoms with Crippen LogP contribution in [0.3, 0.4) is 0 Å². The molecule has 38 heavy (non-hydrogen) atoms. The van der Waals surface area contributed by atoms with E-state index in [4.69, 9.17) is 11.6 Å². The van der Waals surface area contributed by atoms with Crippen molar-refractivity contribution in [3.05, 3.63) is 88.9 Å². The maximum absolute atomic E-state index is 13.6. The van der Waals surface area contributed by atoms with Gasteiger partial charge in [-0.3, -0.25) is 9.48 Å². The number of carbonyl (C=O) groups excluding carboxylic acids is 1. The fourth-order valence-corrected chi connectivity index (χ4v) is 4.05. The van der Waals surface area contributed by atoms with Crippen LogP contribution in [0.25, 0.3) is 22.6 Å². The fraction of sp³-hybridized carbons (Fsp3) is 0.160. The van der Waals surface area contributed by atoms with E-state index < -0.39 is 17.6 Å². The maximum atomic E-state index is 13.6. The summed E-state index contributed by atoms with van der Waals surface area (Å²) in [4.78, 5) is 17.1. The third kappa shape index (κ3) is 4.90. The predicted octanol–water partition coefficient (Wildman–Crippen LogP) is 5.39.